The lowest BCUT2D eigenvalue weighted by Crippen LogP contribution is -2.39. The highest BCUT2D eigenvalue weighted by atomic mass is 16.9. The maximum absolute atomic E-state index is 5.82. The first-order valence-electron chi connectivity index (χ1n) is 11.8. The Morgan fingerprint density at radius 3 is 1.96 bits per heavy atom. The van der Waals surface area contributed by atoms with Crippen LogP contribution >= 0.6 is 0 Å². The Kier molecular flexibility index (Phi) is 15.3. The van der Waals surface area contributed by atoms with Crippen LogP contribution in [-0.4, -0.2) is 51.7 Å². The molecule has 0 aromatic rings. The van der Waals surface area contributed by atoms with Crippen molar-refractivity contribution in [2.75, 3.05) is 39.6 Å². The molecule has 168 valence electrons. The van der Waals surface area contributed by atoms with Gasteiger partial charge in [0, 0.05) is 32.8 Å². The van der Waals surface area contributed by atoms with Crippen LogP contribution in [0.15, 0.2) is 0 Å². The highest BCUT2D eigenvalue weighted by Gasteiger charge is 2.31. The minimum absolute atomic E-state index is 0.389. The highest BCUT2D eigenvalue weighted by Crippen LogP contribution is 2.26. The van der Waals surface area contributed by atoms with Crippen LogP contribution in [0.25, 0.3) is 0 Å². The fourth-order valence-corrected chi connectivity index (χ4v) is 3.81. The largest absolute Gasteiger partial charge is 0.379 e. The van der Waals surface area contributed by atoms with Gasteiger partial charge in [-0.15, -0.1) is 0 Å². The second kappa shape index (κ2) is 16.6. The van der Waals surface area contributed by atoms with Crippen LogP contribution in [0.3, 0.4) is 0 Å². The van der Waals surface area contributed by atoms with Crippen molar-refractivity contribution in [1.82, 2.24) is 0 Å². The van der Waals surface area contributed by atoms with Crippen molar-refractivity contribution >= 4 is 0 Å². The monoisotopic (exact) mass is 402 g/mol. The van der Waals surface area contributed by atoms with Crippen molar-refractivity contribution in [1.29, 1.82) is 0 Å². The van der Waals surface area contributed by atoms with Gasteiger partial charge in [-0.25, -0.2) is 0 Å². The number of hydrogen-bond donors (Lipinski definition) is 0. The van der Waals surface area contributed by atoms with Crippen molar-refractivity contribution in [2.45, 2.75) is 104 Å². The minimum atomic E-state index is -0.841. The van der Waals surface area contributed by atoms with E-state index in [4.69, 9.17) is 23.7 Å². The number of hydrogen-bond acceptors (Lipinski definition) is 5. The van der Waals surface area contributed by atoms with E-state index in [1.54, 1.807) is 0 Å². The van der Waals surface area contributed by atoms with Crippen LogP contribution in [-0.2, 0) is 23.7 Å². The molecule has 5 nitrogen and oxygen atoms in total. The zero-order chi connectivity index (χ0) is 20.5. The van der Waals surface area contributed by atoms with Gasteiger partial charge in [0.15, 0.2) is 0 Å². The van der Waals surface area contributed by atoms with Gasteiger partial charge < -0.3 is 23.7 Å². The molecule has 1 rings (SSSR count). The number of epoxide rings is 1. The lowest BCUT2D eigenvalue weighted by molar-refractivity contribution is -0.380. The zero-order valence-electron chi connectivity index (χ0n) is 19.0. The summed E-state index contributed by atoms with van der Waals surface area (Å²) in [5, 5.41) is 0. The van der Waals surface area contributed by atoms with Gasteiger partial charge in [-0.1, -0.05) is 51.9 Å². The zero-order valence-corrected chi connectivity index (χ0v) is 19.0. The van der Waals surface area contributed by atoms with Gasteiger partial charge >= 0.3 is 0 Å². The molecule has 1 saturated heterocycles. The molecule has 28 heavy (non-hydrogen) atoms. The van der Waals surface area contributed by atoms with Gasteiger partial charge in [0.05, 0.1) is 13.2 Å². The van der Waals surface area contributed by atoms with Crippen molar-refractivity contribution < 1.29 is 23.7 Å². The lowest BCUT2D eigenvalue weighted by Gasteiger charge is -2.32. The van der Waals surface area contributed by atoms with E-state index in [2.05, 4.69) is 6.92 Å². The highest BCUT2D eigenvalue weighted by molar-refractivity contribution is 4.67. The van der Waals surface area contributed by atoms with Crippen molar-refractivity contribution in [3.63, 3.8) is 0 Å². The maximum Gasteiger partial charge on any atom is 0.282 e. The van der Waals surface area contributed by atoms with Gasteiger partial charge in [0.25, 0.3) is 5.97 Å². The molecule has 5 heteroatoms. The Bertz CT molecular complexity index is 329. The van der Waals surface area contributed by atoms with Crippen molar-refractivity contribution in [3.05, 3.63) is 0 Å². The van der Waals surface area contributed by atoms with Crippen LogP contribution < -0.4 is 0 Å². The Morgan fingerprint density at radius 1 is 0.821 bits per heavy atom. The third kappa shape index (κ3) is 12.4. The summed E-state index contributed by atoms with van der Waals surface area (Å²) < 4.78 is 28.3. The molecule has 2 atom stereocenters. The summed E-state index contributed by atoms with van der Waals surface area (Å²) in [5.74, 6) is 0.0132. The first kappa shape index (κ1) is 25.8. The minimum Gasteiger partial charge on any atom is -0.379 e. The summed E-state index contributed by atoms with van der Waals surface area (Å²) in [7, 11) is 0. The molecular weight excluding hydrogens is 356 g/mol. The Labute approximate surface area is 173 Å². The van der Waals surface area contributed by atoms with Crippen LogP contribution in [0.1, 0.15) is 91.9 Å². The fraction of sp³-hybridized carbons (Fsp3) is 1.00. The van der Waals surface area contributed by atoms with Crippen molar-refractivity contribution in [3.8, 4) is 0 Å². The number of ether oxygens (including phenoxy) is 5. The molecule has 1 aliphatic heterocycles. The topological polar surface area (TPSA) is 49.5 Å². The molecule has 0 amide bonds. The lowest BCUT2D eigenvalue weighted by atomic mass is 9.91. The third-order valence-electron chi connectivity index (χ3n) is 5.24. The predicted octanol–water partition coefficient (Wildman–Crippen LogP) is 5.70. The summed E-state index contributed by atoms with van der Waals surface area (Å²) >= 11 is 0. The maximum atomic E-state index is 5.82. The van der Waals surface area contributed by atoms with Gasteiger partial charge in [-0.2, -0.15) is 0 Å². The molecule has 0 radical (unpaired) electrons. The normalized spacial score (nSPS) is 17.8. The van der Waals surface area contributed by atoms with E-state index in [0.717, 1.165) is 38.6 Å². The molecule has 0 aromatic carbocycles. The molecule has 0 spiro atoms. The Balaban J connectivity index is 2.15. The molecule has 0 aromatic heterocycles. The molecule has 0 bridgehead atoms. The summed E-state index contributed by atoms with van der Waals surface area (Å²) in [5.41, 5.74) is 0. The van der Waals surface area contributed by atoms with E-state index in [-0.39, 0.29) is 0 Å². The Morgan fingerprint density at radius 2 is 1.43 bits per heavy atom. The second-order valence-corrected chi connectivity index (χ2v) is 7.76. The molecule has 1 heterocycles. The standard InChI is InChI=1S/C23H46O5/c1-5-14-21(16-11-13-18-24-19-22-20-25-22)15-10-9-12-17-23(26-6-2,27-7-3)28-8-4/h21-22H,5-20H2,1-4H3. The molecule has 1 aliphatic rings. The second-order valence-electron chi connectivity index (χ2n) is 7.76. The van der Waals surface area contributed by atoms with Crippen LogP contribution in [0.5, 0.6) is 0 Å². The SMILES string of the molecule is CCCC(CCCCCC(OCC)(OCC)OCC)CCCCOCC1CO1. The van der Waals surface area contributed by atoms with Gasteiger partial charge in [0.1, 0.15) is 6.10 Å². The number of unbranched alkanes of at least 4 members (excludes halogenated alkanes) is 3. The molecule has 0 aliphatic carbocycles. The van der Waals surface area contributed by atoms with E-state index in [1.807, 2.05) is 20.8 Å². The van der Waals surface area contributed by atoms with Crippen LogP contribution in [0.4, 0.5) is 0 Å². The van der Waals surface area contributed by atoms with Gasteiger partial charge in [0.2, 0.25) is 0 Å². The van der Waals surface area contributed by atoms with Gasteiger partial charge in [-0.05, 0) is 39.5 Å². The molecule has 1 fully saturated rings. The average Bonchev–Trinajstić information content (AvgIpc) is 3.49. The summed E-state index contributed by atoms with van der Waals surface area (Å²) in [6.07, 6.45) is 12.5. The molecule has 0 saturated carbocycles. The fourth-order valence-electron chi connectivity index (χ4n) is 3.81. The summed E-state index contributed by atoms with van der Waals surface area (Å²) in [6, 6.07) is 0. The smallest absolute Gasteiger partial charge is 0.282 e. The number of rotatable bonds is 21. The van der Waals surface area contributed by atoms with Gasteiger partial charge in [-0.3, -0.25) is 0 Å². The predicted molar refractivity (Wildman–Crippen MR) is 114 cm³/mol. The van der Waals surface area contributed by atoms with E-state index in [1.165, 1.54) is 51.4 Å². The first-order valence-corrected chi connectivity index (χ1v) is 11.8. The van der Waals surface area contributed by atoms with E-state index in [0.29, 0.717) is 25.9 Å². The molecule has 2 unspecified atom stereocenters. The first-order chi connectivity index (χ1) is 13.7. The van der Waals surface area contributed by atoms with E-state index < -0.39 is 5.97 Å². The van der Waals surface area contributed by atoms with Crippen LogP contribution in [0.2, 0.25) is 0 Å². The van der Waals surface area contributed by atoms with E-state index in [9.17, 15) is 0 Å². The average molecular weight is 403 g/mol. The molecular formula is C23H46O5. The van der Waals surface area contributed by atoms with Crippen molar-refractivity contribution in [2.24, 2.45) is 5.92 Å². The molecule has 0 N–H and O–H groups in total. The van der Waals surface area contributed by atoms with E-state index >= 15 is 0 Å². The summed E-state index contributed by atoms with van der Waals surface area (Å²) in [4.78, 5) is 0. The van der Waals surface area contributed by atoms with Crippen LogP contribution in [0, 0.1) is 5.92 Å². The Hall–Kier alpha value is -0.200. The summed E-state index contributed by atoms with van der Waals surface area (Å²) in [6.45, 7) is 12.7. The third-order valence-corrected chi connectivity index (χ3v) is 5.24. The quantitative estimate of drug-likeness (QED) is 0.140.